The SMILES string of the molecule is COc1ccc(C(=O)N2CCN(S(=O)(=O)c3ccc(C(F)(F)F)cc3)C[C@@H]2C)cn1. The molecule has 1 aromatic carbocycles. The Morgan fingerprint density at radius 1 is 1.13 bits per heavy atom. The number of halogens is 3. The van der Waals surface area contributed by atoms with Crippen LogP contribution in [0.25, 0.3) is 0 Å². The summed E-state index contributed by atoms with van der Waals surface area (Å²) < 4.78 is 69.9. The van der Waals surface area contributed by atoms with Crippen LogP contribution in [-0.2, 0) is 16.2 Å². The Labute approximate surface area is 172 Å². The number of ether oxygens (including phenoxy) is 1. The highest BCUT2D eigenvalue weighted by molar-refractivity contribution is 7.89. The number of nitrogens with zero attached hydrogens (tertiary/aromatic N) is 3. The molecule has 1 atom stereocenters. The van der Waals surface area contributed by atoms with Gasteiger partial charge in [0.25, 0.3) is 5.91 Å². The molecule has 1 amide bonds. The maximum atomic E-state index is 12.8. The quantitative estimate of drug-likeness (QED) is 0.726. The molecule has 7 nitrogen and oxygen atoms in total. The van der Waals surface area contributed by atoms with Gasteiger partial charge in [0, 0.05) is 37.9 Å². The number of carbonyl (C=O) groups excluding carboxylic acids is 1. The first-order valence-corrected chi connectivity index (χ1v) is 10.5. The molecule has 0 N–H and O–H groups in total. The molecule has 1 aromatic heterocycles. The molecule has 1 aliphatic heterocycles. The summed E-state index contributed by atoms with van der Waals surface area (Å²) in [5.41, 5.74) is -0.569. The number of rotatable bonds is 4. The Bertz CT molecular complexity index is 1010. The van der Waals surface area contributed by atoms with E-state index >= 15 is 0 Å². The fourth-order valence-electron chi connectivity index (χ4n) is 3.20. The highest BCUT2D eigenvalue weighted by Gasteiger charge is 2.35. The summed E-state index contributed by atoms with van der Waals surface area (Å²) in [7, 11) is -2.52. The number of benzene rings is 1. The molecule has 2 aromatic rings. The van der Waals surface area contributed by atoms with Gasteiger partial charge in [0.05, 0.1) is 23.1 Å². The standard InChI is InChI=1S/C19H20F3N3O4S/c1-13-12-24(30(27,28)16-6-4-15(5-7-16)19(20,21)22)9-10-25(13)18(26)14-3-8-17(29-2)23-11-14/h3-8,11,13H,9-10,12H2,1-2H3/t13-/m0/s1. The lowest BCUT2D eigenvalue weighted by Crippen LogP contribution is -2.55. The summed E-state index contributed by atoms with van der Waals surface area (Å²) in [5.74, 6) is 0.0799. The van der Waals surface area contributed by atoms with Crippen molar-refractivity contribution in [3.8, 4) is 5.88 Å². The minimum atomic E-state index is -4.54. The van der Waals surface area contributed by atoms with Crippen molar-refractivity contribution in [2.24, 2.45) is 0 Å². The van der Waals surface area contributed by atoms with Crippen LogP contribution in [0.4, 0.5) is 13.2 Å². The van der Waals surface area contributed by atoms with E-state index in [0.717, 1.165) is 24.3 Å². The maximum Gasteiger partial charge on any atom is 0.416 e. The molecule has 3 rings (SSSR count). The van der Waals surface area contributed by atoms with E-state index in [-0.39, 0.29) is 30.4 Å². The van der Waals surface area contributed by atoms with Crippen LogP contribution < -0.4 is 4.74 Å². The topological polar surface area (TPSA) is 79.8 Å². The highest BCUT2D eigenvalue weighted by Crippen LogP contribution is 2.30. The van der Waals surface area contributed by atoms with Crippen LogP contribution in [0.15, 0.2) is 47.5 Å². The zero-order chi connectivity index (χ0) is 22.1. The van der Waals surface area contributed by atoms with Gasteiger partial charge in [0.15, 0.2) is 0 Å². The first-order chi connectivity index (χ1) is 14.0. The van der Waals surface area contributed by atoms with Crippen molar-refractivity contribution >= 4 is 15.9 Å². The minimum Gasteiger partial charge on any atom is -0.481 e. The van der Waals surface area contributed by atoms with Crippen molar-refractivity contribution in [2.45, 2.75) is 24.0 Å². The number of hydrogen-bond donors (Lipinski definition) is 0. The maximum absolute atomic E-state index is 12.8. The number of sulfonamides is 1. The third-order valence-corrected chi connectivity index (χ3v) is 6.74. The zero-order valence-corrected chi connectivity index (χ0v) is 17.1. The Hall–Kier alpha value is -2.66. The molecule has 30 heavy (non-hydrogen) atoms. The van der Waals surface area contributed by atoms with Gasteiger partial charge in [-0.05, 0) is 37.3 Å². The lowest BCUT2D eigenvalue weighted by atomic mass is 10.1. The van der Waals surface area contributed by atoms with Crippen molar-refractivity contribution in [3.63, 3.8) is 0 Å². The van der Waals surface area contributed by atoms with Crippen LogP contribution >= 0.6 is 0 Å². The number of aromatic nitrogens is 1. The lowest BCUT2D eigenvalue weighted by molar-refractivity contribution is -0.137. The van der Waals surface area contributed by atoms with E-state index in [4.69, 9.17) is 4.74 Å². The van der Waals surface area contributed by atoms with Gasteiger partial charge >= 0.3 is 6.18 Å². The number of pyridine rings is 1. The Morgan fingerprint density at radius 3 is 2.30 bits per heavy atom. The number of alkyl halides is 3. The molecule has 0 radical (unpaired) electrons. The largest absolute Gasteiger partial charge is 0.481 e. The molecule has 1 aliphatic rings. The molecule has 11 heteroatoms. The monoisotopic (exact) mass is 443 g/mol. The summed E-state index contributed by atoms with van der Waals surface area (Å²) in [4.78, 5) is 18.1. The van der Waals surface area contributed by atoms with Crippen molar-refractivity contribution < 1.29 is 31.1 Å². The van der Waals surface area contributed by atoms with Gasteiger partial charge in [0.1, 0.15) is 0 Å². The first kappa shape index (κ1) is 22.0. The van der Waals surface area contributed by atoms with E-state index in [0.29, 0.717) is 11.4 Å². The first-order valence-electron chi connectivity index (χ1n) is 9.02. The number of amides is 1. The Kier molecular flexibility index (Phi) is 6.04. The summed E-state index contributed by atoms with van der Waals surface area (Å²) in [6.07, 6.45) is -3.15. The molecule has 1 fully saturated rings. The van der Waals surface area contributed by atoms with Crippen molar-refractivity contribution in [1.82, 2.24) is 14.2 Å². The smallest absolute Gasteiger partial charge is 0.416 e. The van der Waals surface area contributed by atoms with Gasteiger partial charge in [-0.15, -0.1) is 0 Å². The molecule has 0 saturated carbocycles. The number of hydrogen-bond acceptors (Lipinski definition) is 5. The molecule has 0 aliphatic carbocycles. The van der Waals surface area contributed by atoms with Crippen LogP contribution in [0.1, 0.15) is 22.8 Å². The van der Waals surface area contributed by atoms with Crippen LogP contribution in [-0.4, -0.2) is 61.3 Å². The van der Waals surface area contributed by atoms with Gasteiger partial charge in [-0.2, -0.15) is 17.5 Å². The summed E-state index contributed by atoms with van der Waals surface area (Å²) in [5, 5.41) is 0. The van der Waals surface area contributed by atoms with E-state index in [1.165, 1.54) is 17.6 Å². The van der Waals surface area contributed by atoms with E-state index in [1.54, 1.807) is 24.0 Å². The fourth-order valence-corrected chi connectivity index (χ4v) is 4.71. The molecule has 0 unspecified atom stereocenters. The van der Waals surface area contributed by atoms with Crippen LogP contribution in [0.5, 0.6) is 5.88 Å². The zero-order valence-electron chi connectivity index (χ0n) is 16.3. The van der Waals surface area contributed by atoms with Gasteiger partial charge in [-0.1, -0.05) is 0 Å². The van der Waals surface area contributed by atoms with E-state index < -0.39 is 27.8 Å². The van der Waals surface area contributed by atoms with Gasteiger partial charge in [-0.25, -0.2) is 13.4 Å². The average molecular weight is 443 g/mol. The third kappa shape index (κ3) is 4.41. The van der Waals surface area contributed by atoms with E-state index in [2.05, 4.69) is 4.98 Å². The second-order valence-corrected chi connectivity index (χ2v) is 8.76. The summed E-state index contributed by atoms with van der Waals surface area (Å²) in [6, 6.07) is 6.08. The third-order valence-electron chi connectivity index (χ3n) is 4.86. The van der Waals surface area contributed by atoms with Crippen molar-refractivity contribution in [3.05, 3.63) is 53.7 Å². The Morgan fingerprint density at radius 2 is 1.80 bits per heavy atom. The van der Waals surface area contributed by atoms with Crippen molar-refractivity contribution in [1.29, 1.82) is 0 Å². The molecule has 0 bridgehead atoms. The summed E-state index contributed by atoms with van der Waals surface area (Å²) in [6.45, 7) is 1.91. The predicted molar refractivity (Wildman–Crippen MR) is 101 cm³/mol. The number of methoxy groups -OCH3 is 1. The minimum absolute atomic E-state index is 0.0265. The molecule has 1 saturated heterocycles. The van der Waals surface area contributed by atoms with E-state index in [1.807, 2.05) is 0 Å². The van der Waals surface area contributed by atoms with Crippen molar-refractivity contribution in [2.75, 3.05) is 26.7 Å². The van der Waals surface area contributed by atoms with Crippen LogP contribution in [0.3, 0.4) is 0 Å². The second-order valence-electron chi connectivity index (χ2n) is 6.82. The molecule has 0 spiro atoms. The lowest BCUT2D eigenvalue weighted by Gasteiger charge is -2.39. The fraction of sp³-hybridized carbons (Fsp3) is 0.368. The predicted octanol–water partition coefficient (Wildman–Crippen LogP) is 2.64. The second kappa shape index (κ2) is 8.23. The van der Waals surface area contributed by atoms with Gasteiger partial charge in [-0.3, -0.25) is 4.79 Å². The van der Waals surface area contributed by atoms with Crippen LogP contribution in [0, 0.1) is 0 Å². The molecule has 162 valence electrons. The highest BCUT2D eigenvalue weighted by atomic mass is 32.2. The van der Waals surface area contributed by atoms with Gasteiger partial charge in [0.2, 0.25) is 15.9 Å². The van der Waals surface area contributed by atoms with Gasteiger partial charge < -0.3 is 9.64 Å². The normalized spacial score (nSPS) is 18.3. The van der Waals surface area contributed by atoms with Crippen LogP contribution in [0.2, 0.25) is 0 Å². The Balaban J connectivity index is 1.72. The number of piperazine rings is 1. The average Bonchev–Trinajstić information content (AvgIpc) is 2.72. The summed E-state index contributed by atoms with van der Waals surface area (Å²) >= 11 is 0. The molecular formula is C19H20F3N3O4S. The molecular weight excluding hydrogens is 423 g/mol. The number of carbonyl (C=O) groups is 1. The molecule has 2 heterocycles. The van der Waals surface area contributed by atoms with E-state index in [9.17, 15) is 26.4 Å².